The van der Waals surface area contributed by atoms with Gasteiger partial charge in [0.05, 0.1) is 12.9 Å². The molecule has 0 saturated heterocycles. The van der Waals surface area contributed by atoms with E-state index in [1.807, 2.05) is 10.8 Å². The molecule has 0 aliphatic heterocycles. The monoisotopic (exact) mass is 155 g/mol. The molecule has 3 nitrogen and oxygen atoms in total. The second-order valence-electron chi connectivity index (χ2n) is 2.01. The molecule has 54 valence electrons. The lowest BCUT2D eigenvalue weighted by Crippen LogP contribution is -1.95. The van der Waals surface area contributed by atoms with Gasteiger partial charge in [0.1, 0.15) is 0 Å². The minimum absolute atomic E-state index is 0.757. The van der Waals surface area contributed by atoms with Crippen molar-refractivity contribution in [1.29, 1.82) is 0 Å². The highest BCUT2D eigenvalue weighted by Crippen LogP contribution is 1.89. The molecule has 0 spiro atoms. The SMILES string of the molecule is S=NCCCn1ccnc1. The van der Waals surface area contributed by atoms with Gasteiger partial charge in [0.25, 0.3) is 0 Å². The Labute approximate surface area is 65.3 Å². The molecule has 1 aromatic rings. The summed E-state index contributed by atoms with van der Waals surface area (Å²) in [5.74, 6) is 0. The number of aryl methyl sites for hydroxylation is 1. The molecule has 0 amide bonds. The molecule has 0 aliphatic rings. The van der Waals surface area contributed by atoms with Crippen molar-refractivity contribution < 1.29 is 0 Å². The Kier molecular flexibility index (Phi) is 3.02. The van der Waals surface area contributed by atoms with Crippen molar-refractivity contribution in [3.63, 3.8) is 0 Å². The maximum Gasteiger partial charge on any atom is 0.0945 e. The van der Waals surface area contributed by atoms with Crippen molar-refractivity contribution in [2.75, 3.05) is 6.54 Å². The summed E-state index contributed by atoms with van der Waals surface area (Å²) in [5.41, 5.74) is 0. The van der Waals surface area contributed by atoms with E-state index in [1.54, 1.807) is 12.5 Å². The second-order valence-corrected chi connectivity index (χ2v) is 2.26. The van der Waals surface area contributed by atoms with Crippen LogP contribution in [-0.4, -0.2) is 16.1 Å². The molecule has 0 N–H and O–H groups in total. The van der Waals surface area contributed by atoms with E-state index in [9.17, 15) is 0 Å². The molecule has 0 aliphatic carbocycles. The van der Waals surface area contributed by atoms with Crippen LogP contribution in [-0.2, 0) is 19.0 Å². The van der Waals surface area contributed by atoms with Crippen molar-refractivity contribution in [3.05, 3.63) is 18.7 Å². The van der Waals surface area contributed by atoms with Crippen LogP contribution in [0.1, 0.15) is 6.42 Å². The summed E-state index contributed by atoms with van der Waals surface area (Å²) in [7, 11) is 0. The van der Waals surface area contributed by atoms with Crippen molar-refractivity contribution in [2.24, 2.45) is 4.36 Å². The highest BCUT2D eigenvalue weighted by atomic mass is 32.1. The zero-order chi connectivity index (χ0) is 7.23. The molecule has 1 heterocycles. The van der Waals surface area contributed by atoms with Gasteiger partial charge in [0.15, 0.2) is 0 Å². The molecule has 0 radical (unpaired) electrons. The summed E-state index contributed by atoms with van der Waals surface area (Å²) in [6.07, 6.45) is 6.50. The fourth-order valence-electron chi connectivity index (χ4n) is 0.737. The number of rotatable bonds is 4. The number of nitrogens with zero attached hydrogens (tertiary/aromatic N) is 3. The lowest BCUT2D eigenvalue weighted by Gasteiger charge is -1.96. The normalized spacial score (nSPS) is 9.60. The smallest absolute Gasteiger partial charge is 0.0945 e. The van der Waals surface area contributed by atoms with Crippen LogP contribution in [0.3, 0.4) is 0 Å². The quantitative estimate of drug-likeness (QED) is 0.607. The number of hydrogen-bond donors (Lipinski definition) is 0. The molecule has 4 heteroatoms. The van der Waals surface area contributed by atoms with Crippen LogP contribution >= 0.6 is 0 Å². The van der Waals surface area contributed by atoms with Gasteiger partial charge in [-0.05, 0) is 6.42 Å². The lowest BCUT2D eigenvalue weighted by molar-refractivity contribution is 0.653. The van der Waals surface area contributed by atoms with Gasteiger partial charge >= 0.3 is 0 Å². The van der Waals surface area contributed by atoms with Crippen LogP contribution in [0.5, 0.6) is 0 Å². The first-order valence-electron chi connectivity index (χ1n) is 3.18. The van der Waals surface area contributed by atoms with Gasteiger partial charge in [-0.2, -0.15) is 0 Å². The largest absolute Gasteiger partial charge is 0.337 e. The highest BCUT2D eigenvalue weighted by molar-refractivity contribution is 7.47. The van der Waals surface area contributed by atoms with Gasteiger partial charge < -0.3 is 4.57 Å². The number of aromatic nitrogens is 2. The van der Waals surface area contributed by atoms with E-state index in [1.165, 1.54) is 0 Å². The third-order valence-corrected chi connectivity index (χ3v) is 1.41. The van der Waals surface area contributed by atoms with Gasteiger partial charge in [-0.3, -0.25) is 0 Å². The average Bonchev–Trinajstić information content (AvgIpc) is 2.41. The maximum atomic E-state index is 4.45. The van der Waals surface area contributed by atoms with Gasteiger partial charge in [-0.1, -0.05) is 0 Å². The van der Waals surface area contributed by atoms with Crippen molar-refractivity contribution >= 4 is 12.4 Å². The van der Waals surface area contributed by atoms with Crippen LogP contribution in [0, 0.1) is 0 Å². The van der Waals surface area contributed by atoms with E-state index in [4.69, 9.17) is 0 Å². The first-order chi connectivity index (χ1) is 4.93. The molecule has 0 atom stereocenters. The van der Waals surface area contributed by atoms with E-state index >= 15 is 0 Å². The molecule has 1 rings (SSSR count). The van der Waals surface area contributed by atoms with Gasteiger partial charge in [0.2, 0.25) is 0 Å². The summed E-state index contributed by atoms with van der Waals surface area (Å²) in [6, 6.07) is 0. The van der Waals surface area contributed by atoms with E-state index in [0.717, 1.165) is 19.5 Å². The zero-order valence-corrected chi connectivity index (χ0v) is 6.42. The van der Waals surface area contributed by atoms with Crippen LogP contribution < -0.4 is 0 Å². The Morgan fingerprint density at radius 2 is 2.50 bits per heavy atom. The molecule has 1 aromatic heterocycles. The van der Waals surface area contributed by atoms with E-state index in [2.05, 4.69) is 21.8 Å². The molecule has 10 heavy (non-hydrogen) atoms. The number of imidazole rings is 1. The number of hydrogen-bond acceptors (Lipinski definition) is 3. The summed E-state index contributed by atoms with van der Waals surface area (Å²) in [5, 5.41) is 0. The third kappa shape index (κ3) is 2.23. The minimum Gasteiger partial charge on any atom is -0.337 e. The molecule has 0 bridgehead atoms. The van der Waals surface area contributed by atoms with Crippen molar-refractivity contribution in [1.82, 2.24) is 9.55 Å². The first-order valence-corrected chi connectivity index (χ1v) is 3.55. The zero-order valence-electron chi connectivity index (χ0n) is 5.60. The molecule has 0 aromatic carbocycles. The summed E-state index contributed by atoms with van der Waals surface area (Å²) < 4.78 is 5.60. The predicted octanol–water partition coefficient (Wildman–Crippen LogP) is 1.00. The van der Waals surface area contributed by atoms with E-state index in [0.29, 0.717) is 0 Å². The van der Waals surface area contributed by atoms with E-state index in [-0.39, 0.29) is 0 Å². The minimum atomic E-state index is 0.757. The van der Waals surface area contributed by atoms with Crippen molar-refractivity contribution in [3.8, 4) is 0 Å². The van der Waals surface area contributed by atoms with Crippen LogP contribution in [0.4, 0.5) is 0 Å². The van der Waals surface area contributed by atoms with Gasteiger partial charge in [-0.25, -0.2) is 9.35 Å². The molecular formula is C6H9N3S. The molecule has 0 saturated carbocycles. The third-order valence-electron chi connectivity index (χ3n) is 1.22. The average molecular weight is 155 g/mol. The standard InChI is InChI=1S/C6H9N3S/c10-8-2-1-4-9-5-3-7-6-9/h3,5-6H,1-2,4H2. The van der Waals surface area contributed by atoms with Crippen molar-refractivity contribution in [2.45, 2.75) is 13.0 Å². The fraction of sp³-hybridized carbons (Fsp3) is 0.500. The topological polar surface area (TPSA) is 30.2 Å². The van der Waals surface area contributed by atoms with Crippen LogP contribution in [0.25, 0.3) is 0 Å². The Balaban J connectivity index is 2.21. The Hall–Kier alpha value is -0.770. The maximum absolute atomic E-state index is 4.45. The summed E-state index contributed by atoms with van der Waals surface area (Å²) >= 11 is 4.45. The van der Waals surface area contributed by atoms with Gasteiger partial charge in [0, 0.05) is 31.4 Å². The predicted molar refractivity (Wildman–Crippen MR) is 41.5 cm³/mol. The molecule has 0 unspecified atom stereocenters. The Morgan fingerprint density at radius 3 is 3.10 bits per heavy atom. The fourth-order valence-corrected chi connectivity index (χ4v) is 0.866. The lowest BCUT2D eigenvalue weighted by atomic mass is 10.4. The first kappa shape index (κ1) is 7.34. The second kappa shape index (κ2) is 4.11. The van der Waals surface area contributed by atoms with Crippen LogP contribution in [0.15, 0.2) is 23.1 Å². The van der Waals surface area contributed by atoms with E-state index < -0.39 is 0 Å². The Bertz CT molecular complexity index is 183. The van der Waals surface area contributed by atoms with Crippen LogP contribution in [0.2, 0.25) is 0 Å². The summed E-state index contributed by atoms with van der Waals surface area (Å²) in [4.78, 5) is 3.91. The highest BCUT2D eigenvalue weighted by Gasteiger charge is 1.87. The molecular weight excluding hydrogens is 146 g/mol. The Morgan fingerprint density at radius 1 is 1.60 bits per heavy atom. The summed E-state index contributed by atoms with van der Waals surface area (Å²) in [6.45, 7) is 1.72. The molecule has 0 fully saturated rings. The van der Waals surface area contributed by atoms with Gasteiger partial charge in [-0.15, -0.1) is 0 Å².